The lowest BCUT2D eigenvalue weighted by Gasteiger charge is -2.36. The molecule has 1 unspecified atom stereocenters. The van der Waals surface area contributed by atoms with Crippen LogP contribution in [0.2, 0.25) is 0 Å². The van der Waals surface area contributed by atoms with E-state index in [9.17, 15) is 4.79 Å². The number of hydrogen-bond acceptors (Lipinski definition) is 8. The Morgan fingerprint density at radius 2 is 1.81 bits per heavy atom. The van der Waals surface area contributed by atoms with Crippen molar-refractivity contribution in [2.75, 3.05) is 76.0 Å². The summed E-state index contributed by atoms with van der Waals surface area (Å²) in [6.07, 6.45) is 5.27. The topological polar surface area (TPSA) is 83.2 Å². The number of ether oxygens (including phenoxy) is 3. The van der Waals surface area contributed by atoms with Gasteiger partial charge in [0, 0.05) is 80.0 Å². The molecule has 1 aliphatic carbocycles. The third-order valence-electron chi connectivity index (χ3n) is 9.12. The molecule has 1 atom stereocenters. The van der Waals surface area contributed by atoms with Gasteiger partial charge in [-0.05, 0) is 56.0 Å². The summed E-state index contributed by atoms with van der Waals surface area (Å²) in [6, 6.07) is 9.80. The predicted octanol–water partition coefficient (Wildman–Crippen LogP) is 4.80. The Balaban J connectivity index is 1.44. The highest BCUT2D eigenvalue weighted by atomic mass is 16.5. The lowest BCUT2D eigenvalue weighted by atomic mass is 9.84. The first-order valence-corrected chi connectivity index (χ1v) is 15.4. The van der Waals surface area contributed by atoms with Crippen LogP contribution in [-0.2, 0) is 25.4 Å². The van der Waals surface area contributed by atoms with E-state index in [0.717, 1.165) is 93.1 Å². The summed E-state index contributed by atoms with van der Waals surface area (Å²) in [5.74, 6) is 0. The number of fused-ring (bicyclic) bond motifs is 1. The molecule has 2 aliphatic heterocycles. The Bertz CT molecular complexity index is 1390. The van der Waals surface area contributed by atoms with E-state index in [0.29, 0.717) is 13.1 Å². The largest absolute Gasteiger partial charge is 0.467 e. The van der Waals surface area contributed by atoms with Gasteiger partial charge in [-0.1, -0.05) is 13.8 Å². The second kappa shape index (κ2) is 12.2. The van der Waals surface area contributed by atoms with Crippen molar-refractivity contribution in [2.45, 2.75) is 52.2 Å². The fourth-order valence-corrected chi connectivity index (χ4v) is 6.51. The molecule has 1 saturated carbocycles. The van der Waals surface area contributed by atoms with Crippen LogP contribution in [0, 0.1) is 5.41 Å². The fraction of sp³-hybridized carbons (Fsp3) is 0.576. The Labute approximate surface area is 249 Å². The van der Waals surface area contributed by atoms with Gasteiger partial charge in [-0.3, -0.25) is 14.7 Å². The number of nitrogens with zero attached hydrogens (tertiary/aromatic N) is 4. The molecule has 9 heteroatoms. The van der Waals surface area contributed by atoms with Crippen molar-refractivity contribution < 1.29 is 19.0 Å². The number of piperazine rings is 1. The van der Waals surface area contributed by atoms with Gasteiger partial charge in [0.05, 0.1) is 49.2 Å². The molecule has 226 valence electrons. The molecule has 0 spiro atoms. The van der Waals surface area contributed by atoms with Gasteiger partial charge >= 0.3 is 0 Å². The molecule has 2 saturated heterocycles. The number of aromatic amines is 1. The molecule has 1 aromatic carbocycles. The van der Waals surface area contributed by atoms with Crippen molar-refractivity contribution in [3.8, 4) is 11.3 Å². The number of carbonyl (C=O) groups excluding carboxylic acids is 1. The van der Waals surface area contributed by atoms with E-state index in [4.69, 9.17) is 19.2 Å². The molecule has 0 radical (unpaired) electrons. The minimum Gasteiger partial charge on any atom is -0.467 e. The van der Waals surface area contributed by atoms with E-state index < -0.39 is 0 Å². The molecule has 3 aliphatic rings. The average molecular weight is 576 g/mol. The standard InChI is InChI=1S/C33H45N5O4/c1-23(40-4)31-28(18-26(20-34-31)37-11-9-36(10-12-37)24-5-6-24)32-29(19-33(2,3)21-42-22-39)27-17-25(7-8-30(27)35-32)38-13-15-41-16-14-38/h7-8,17-18,20,22-24,35H,5-6,9-16,19,21H2,1-4H3. The Hall–Kier alpha value is -3.14. The number of nitrogens with one attached hydrogen (secondary N) is 1. The number of benzene rings is 1. The van der Waals surface area contributed by atoms with Crippen LogP contribution in [0.4, 0.5) is 11.4 Å². The molecule has 0 bridgehead atoms. The maximum absolute atomic E-state index is 11.1. The predicted molar refractivity (Wildman–Crippen MR) is 166 cm³/mol. The maximum atomic E-state index is 11.1. The monoisotopic (exact) mass is 575 g/mol. The molecule has 9 nitrogen and oxygen atoms in total. The molecular weight excluding hydrogens is 530 g/mol. The third-order valence-corrected chi connectivity index (χ3v) is 9.12. The number of rotatable bonds is 11. The highest BCUT2D eigenvalue weighted by molar-refractivity contribution is 5.94. The smallest absolute Gasteiger partial charge is 0.293 e. The van der Waals surface area contributed by atoms with E-state index >= 15 is 0 Å². The van der Waals surface area contributed by atoms with Crippen LogP contribution >= 0.6 is 0 Å². The van der Waals surface area contributed by atoms with Crippen molar-refractivity contribution in [2.24, 2.45) is 5.41 Å². The molecule has 3 fully saturated rings. The SMILES string of the molecule is COC(C)c1ncc(N2CCN(C3CC3)CC2)cc1-c1[nH]c2ccc(N3CCOCC3)cc2c1CC(C)(C)COC=O. The van der Waals surface area contributed by atoms with Crippen molar-refractivity contribution in [1.82, 2.24) is 14.9 Å². The van der Waals surface area contributed by atoms with Gasteiger partial charge in [0.1, 0.15) is 0 Å². The number of anilines is 2. The summed E-state index contributed by atoms with van der Waals surface area (Å²) < 4.78 is 16.7. The Morgan fingerprint density at radius 3 is 2.50 bits per heavy atom. The first-order valence-electron chi connectivity index (χ1n) is 15.4. The quantitative estimate of drug-likeness (QED) is 0.327. The number of pyridine rings is 1. The van der Waals surface area contributed by atoms with Gasteiger partial charge in [0.25, 0.3) is 6.47 Å². The Morgan fingerprint density at radius 1 is 1.07 bits per heavy atom. The zero-order valence-corrected chi connectivity index (χ0v) is 25.5. The second-order valence-corrected chi connectivity index (χ2v) is 12.8. The average Bonchev–Trinajstić information content (AvgIpc) is 3.82. The summed E-state index contributed by atoms with van der Waals surface area (Å²) in [5.41, 5.74) is 7.42. The minimum atomic E-state index is -0.267. The molecular formula is C33H45N5O4. The van der Waals surface area contributed by atoms with Crippen molar-refractivity contribution >= 4 is 28.7 Å². The fourth-order valence-electron chi connectivity index (χ4n) is 6.51. The van der Waals surface area contributed by atoms with Crippen LogP contribution in [0.3, 0.4) is 0 Å². The minimum absolute atomic E-state index is 0.171. The number of carbonyl (C=O) groups is 1. The molecule has 3 aromatic rings. The van der Waals surface area contributed by atoms with Gasteiger partial charge in [-0.2, -0.15) is 0 Å². The van der Waals surface area contributed by atoms with Gasteiger partial charge in [-0.25, -0.2) is 0 Å². The van der Waals surface area contributed by atoms with E-state index in [1.165, 1.54) is 29.5 Å². The number of hydrogen-bond donors (Lipinski definition) is 1. The number of morpholine rings is 1. The van der Waals surface area contributed by atoms with Crippen LogP contribution in [0.15, 0.2) is 30.5 Å². The third kappa shape index (κ3) is 6.14. The molecule has 0 amide bonds. The Kier molecular flexibility index (Phi) is 8.43. The van der Waals surface area contributed by atoms with Crippen molar-refractivity contribution in [1.29, 1.82) is 0 Å². The maximum Gasteiger partial charge on any atom is 0.293 e. The first-order chi connectivity index (χ1) is 20.4. The van der Waals surface area contributed by atoms with E-state index in [2.05, 4.69) is 64.7 Å². The van der Waals surface area contributed by atoms with E-state index in [1.54, 1.807) is 7.11 Å². The zero-order chi connectivity index (χ0) is 29.3. The van der Waals surface area contributed by atoms with Crippen molar-refractivity contribution in [3.05, 3.63) is 41.7 Å². The van der Waals surface area contributed by atoms with Gasteiger partial charge in [-0.15, -0.1) is 0 Å². The lowest BCUT2D eigenvalue weighted by molar-refractivity contribution is -0.131. The first kappa shape index (κ1) is 29.0. The number of aromatic nitrogens is 2. The summed E-state index contributed by atoms with van der Waals surface area (Å²) in [4.78, 5) is 27.4. The van der Waals surface area contributed by atoms with Crippen molar-refractivity contribution in [3.63, 3.8) is 0 Å². The summed E-state index contributed by atoms with van der Waals surface area (Å²) in [5, 5.41) is 1.19. The van der Waals surface area contributed by atoms with Crippen LogP contribution in [0.5, 0.6) is 0 Å². The molecule has 2 aromatic heterocycles. The van der Waals surface area contributed by atoms with E-state index in [1.807, 2.05) is 6.20 Å². The van der Waals surface area contributed by atoms with E-state index in [-0.39, 0.29) is 11.5 Å². The summed E-state index contributed by atoms with van der Waals surface area (Å²) in [7, 11) is 1.74. The zero-order valence-electron chi connectivity index (χ0n) is 25.5. The summed E-state index contributed by atoms with van der Waals surface area (Å²) in [6.45, 7) is 14.7. The highest BCUT2D eigenvalue weighted by Gasteiger charge is 2.32. The second-order valence-electron chi connectivity index (χ2n) is 12.8. The normalized spacial score (nSPS) is 19.3. The van der Waals surface area contributed by atoms with Crippen LogP contribution in [-0.4, -0.2) is 93.6 Å². The number of methoxy groups -OCH3 is 1. The van der Waals surface area contributed by atoms with Gasteiger partial charge in [0.15, 0.2) is 0 Å². The number of H-pyrrole nitrogens is 1. The summed E-state index contributed by atoms with van der Waals surface area (Å²) >= 11 is 0. The lowest BCUT2D eigenvalue weighted by Crippen LogP contribution is -2.47. The molecule has 1 N–H and O–H groups in total. The molecule has 4 heterocycles. The van der Waals surface area contributed by atoms with Gasteiger partial charge < -0.3 is 29.0 Å². The van der Waals surface area contributed by atoms with Crippen LogP contribution in [0.25, 0.3) is 22.2 Å². The van der Waals surface area contributed by atoms with Crippen LogP contribution in [0.1, 0.15) is 51.0 Å². The van der Waals surface area contributed by atoms with Gasteiger partial charge in [0.2, 0.25) is 0 Å². The van der Waals surface area contributed by atoms with Crippen LogP contribution < -0.4 is 9.80 Å². The highest BCUT2D eigenvalue weighted by Crippen LogP contribution is 2.41. The molecule has 42 heavy (non-hydrogen) atoms. The molecule has 6 rings (SSSR count).